The largest absolute Gasteiger partial charge is 0.465 e. The maximum absolute atomic E-state index is 13.0. The number of esters is 1. The molecule has 0 radical (unpaired) electrons. The van der Waals surface area contributed by atoms with Crippen molar-refractivity contribution in [1.82, 2.24) is 14.8 Å². The standard InChI is InChI=1S/C28H32N4O3S3/c1-7-8-20-12-19(13-36-20)25-30-31-28(32(25)16(2)3)38-15-23(33)29-26-24(27(34)35-6)22(14-37-26)21-11-17(4)9-10-18(21)5/h9-14,16H,7-8,15H2,1-6H3,(H,29,33). The van der Waals surface area contributed by atoms with Crippen LogP contribution in [0.1, 0.15) is 59.6 Å². The van der Waals surface area contributed by atoms with Crippen molar-refractivity contribution in [3.8, 4) is 22.5 Å². The number of nitrogens with one attached hydrogen (secondary N) is 1. The summed E-state index contributed by atoms with van der Waals surface area (Å²) in [7, 11) is 1.35. The molecule has 7 nitrogen and oxygen atoms in total. The zero-order valence-corrected chi connectivity index (χ0v) is 24.9. The fourth-order valence-corrected chi connectivity index (χ4v) is 6.99. The normalized spacial score (nSPS) is 11.2. The molecule has 0 unspecified atom stereocenters. The van der Waals surface area contributed by atoms with Crippen LogP contribution < -0.4 is 5.32 Å². The molecule has 0 spiro atoms. The molecule has 0 aliphatic heterocycles. The average Bonchev–Trinajstić information content (AvgIpc) is 3.62. The number of benzene rings is 1. The first-order valence-electron chi connectivity index (χ1n) is 12.5. The van der Waals surface area contributed by atoms with Gasteiger partial charge in [0.15, 0.2) is 11.0 Å². The van der Waals surface area contributed by atoms with E-state index in [-0.39, 0.29) is 17.7 Å². The van der Waals surface area contributed by atoms with Gasteiger partial charge in [0.2, 0.25) is 5.91 Å². The summed E-state index contributed by atoms with van der Waals surface area (Å²) in [4.78, 5) is 27.1. The minimum Gasteiger partial charge on any atom is -0.465 e. The first kappa shape index (κ1) is 28.1. The van der Waals surface area contributed by atoms with Crippen molar-refractivity contribution >= 4 is 51.3 Å². The minimum absolute atomic E-state index is 0.128. The van der Waals surface area contributed by atoms with Gasteiger partial charge in [0, 0.05) is 32.8 Å². The van der Waals surface area contributed by atoms with Crippen molar-refractivity contribution in [2.45, 2.75) is 58.7 Å². The zero-order chi connectivity index (χ0) is 27.4. The van der Waals surface area contributed by atoms with Crippen LogP contribution >= 0.6 is 34.4 Å². The lowest BCUT2D eigenvalue weighted by molar-refractivity contribution is -0.113. The number of thioether (sulfide) groups is 1. The summed E-state index contributed by atoms with van der Waals surface area (Å²) in [6, 6.07) is 8.41. The topological polar surface area (TPSA) is 86.1 Å². The quantitative estimate of drug-likeness (QED) is 0.158. The zero-order valence-electron chi connectivity index (χ0n) is 22.5. The molecule has 0 saturated heterocycles. The molecule has 10 heteroatoms. The van der Waals surface area contributed by atoms with Gasteiger partial charge >= 0.3 is 5.97 Å². The summed E-state index contributed by atoms with van der Waals surface area (Å²) in [5.41, 5.74) is 5.27. The first-order chi connectivity index (χ1) is 18.2. The molecular formula is C28H32N4O3S3. The molecule has 3 heterocycles. The molecule has 0 saturated carbocycles. The molecule has 0 fully saturated rings. The number of carbonyl (C=O) groups excluding carboxylic acids is 2. The van der Waals surface area contributed by atoms with Crippen LogP contribution in [0.4, 0.5) is 5.00 Å². The number of nitrogens with zero attached hydrogens (tertiary/aromatic N) is 3. The highest BCUT2D eigenvalue weighted by atomic mass is 32.2. The van der Waals surface area contributed by atoms with Gasteiger partial charge in [-0.25, -0.2) is 4.79 Å². The van der Waals surface area contributed by atoms with E-state index >= 15 is 0 Å². The number of aryl methyl sites for hydroxylation is 3. The third kappa shape index (κ3) is 6.03. The lowest BCUT2D eigenvalue weighted by atomic mass is 9.97. The van der Waals surface area contributed by atoms with Gasteiger partial charge in [-0.3, -0.25) is 9.36 Å². The van der Waals surface area contributed by atoms with Crippen molar-refractivity contribution in [2.24, 2.45) is 0 Å². The predicted octanol–water partition coefficient (Wildman–Crippen LogP) is 7.40. The predicted molar refractivity (Wildman–Crippen MR) is 158 cm³/mol. The van der Waals surface area contributed by atoms with Crippen LogP contribution in [0.3, 0.4) is 0 Å². The van der Waals surface area contributed by atoms with Crippen molar-refractivity contribution < 1.29 is 14.3 Å². The number of aromatic nitrogens is 3. The first-order valence-corrected chi connectivity index (χ1v) is 15.2. The van der Waals surface area contributed by atoms with Gasteiger partial charge in [-0.2, -0.15) is 0 Å². The monoisotopic (exact) mass is 568 g/mol. The Balaban J connectivity index is 1.53. The molecule has 0 atom stereocenters. The lowest BCUT2D eigenvalue weighted by Gasteiger charge is -2.13. The minimum atomic E-state index is -0.479. The molecule has 38 heavy (non-hydrogen) atoms. The highest BCUT2D eigenvalue weighted by Gasteiger charge is 2.24. The fourth-order valence-electron chi connectivity index (χ4n) is 4.18. The third-order valence-electron chi connectivity index (χ3n) is 6.04. The van der Waals surface area contributed by atoms with Crippen molar-refractivity contribution in [2.75, 3.05) is 18.2 Å². The SMILES string of the molecule is CCCc1cc(-c2nnc(SCC(=O)Nc3scc(-c4cc(C)ccc4C)c3C(=O)OC)n2C(C)C)cs1. The van der Waals surface area contributed by atoms with E-state index in [2.05, 4.69) is 52.3 Å². The molecule has 1 aromatic carbocycles. The molecule has 1 amide bonds. The summed E-state index contributed by atoms with van der Waals surface area (Å²) >= 11 is 4.39. The molecule has 4 aromatic rings. The Kier molecular flexibility index (Phi) is 9.07. The second-order valence-electron chi connectivity index (χ2n) is 9.32. The Hall–Kier alpha value is -2.95. The van der Waals surface area contributed by atoms with Crippen LogP contribution in [0.25, 0.3) is 22.5 Å². The van der Waals surface area contributed by atoms with Crippen LogP contribution in [-0.4, -0.2) is 39.5 Å². The summed E-state index contributed by atoms with van der Waals surface area (Å²) in [5.74, 6) is 0.237. The Morgan fingerprint density at radius 3 is 2.61 bits per heavy atom. The maximum Gasteiger partial charge on any atom is 0.341 e. The van der Waals surface area contributed by atoms with E-state index in [1.807, 2.05) is 37.4 Å². The van der Waals surface area contributed by atoms with Crippen molar-refractivity contribution in [3.05, 3.63) is 56.6 Å². The Morgan fingerprint density at radius 1 is 1.11 bits per heavy atom. The highest BCUT2D eigenvalue weighted by molar-refractivity contribution is 7.99. The second-order valence-corrected chi connectivity index (χ2v) is 12.1. The van der Waals surface area contributed by atoms with Crippen LogP contribution in [0, 0.1) is 13.8 Å². The van der Waals surface area contributed by atoms with E-state index in [0.29, 0.717) is 15.7 Å². The van der Waals surface area contributed by atoms with Crippen molar-refractivity contribution in [1.29, 1.82) is 0 Å². The summed E-state index contributed by atoms with van der Waals surface area (Å²) in [6.07, 6.45) is 2.14. The molecule has 200 valence electrons. The van der Waals surface area contributed by atoms with Gasteiger partial charge in [-0.05, 0) is 51.3 Å². The van der Waals surface area contributed by atoms with E-state index in [4.69, 9.17) is 4.74 Å². The van der Waals surface area contributed by atoms with Gasteiger partial charge in [0.25, 0.3) is 0 Å². The average molecular weight is 569 g/mol. The Labute approximate surface area is 235 Å². The highest BCUT2D eigenvalue weighted by Crippen LogP contribution is 2.38. The summed E-state index contributed by atoms with van der Waals surface area (Å²) in [5, 5.41) is 17.0. The van der Waals surface area contributed by atoms with Gasteiger partial charge in [-0.15, -0.1) is 32.9 Å². The number of thiophene rings is 2. The van der Waals surface area contributed by atoms with Crippen molar-refractivity contribution in [3.63, 3.8) is 0 Å². The number of amides is 1. The number of ether oxygens (including phenoxy) is 1. The summed E-state index contributed by atoms with van der Waals surface area (Å²) < 4.78 is 7.14. The molecule has 3 aromatic heterocycles. The van der Waals surface area contributed by atoms with E-state index < -0.39 is 5.97 Å². The second kappa shape index (κ2) is 12.3. The van der Waals surface area contributed by atoms with Gasteiger partial charge in [-0.1, -0.05) is 48.9 Å². The summed E-state index contributed by atoms with van der Waals surface area (Å²) in [6.45, 7) is 10.3. The molecular weight excluding hydrogens is 537 g/mol. The number of carbonyl (C=O) groups is 2. The number of rotatable bonds is 10. The van der Waals surface area contributed by atoms with E-state index in [1.54, 1.807) is 11.3 Å². The third-order valence-corrected chi connectivity index (χ3v) is 8.87. The molecule has 1 N–H and O–H groups in total. The van der Waals surface area contributed by atoms with Crippen LogP contribution in [0.5, 0.6) is 0 Å². The molecule has 0 aliphatic carbocycles. The maximum atomic E-state index is 13.0. The van der Waals surface area contributed by atoms with Gasteiger partial charge < -0.3 is 10.1 Å². The molecule has 0 aliphatic rings. The number of hydrogen-bond acceptors (Lipinski definition) is 8. The van der Waals surface area contributed by atoms with Crippen LogP contribution in [0.15, 0.2) is 40.2 Å². The van der Waals surface area contributed by atoms with Crippen LogP contribution in [0.2, 0.25) is 0 Å². The Bertz CT molecular complexity index is 1450. The van der Waals surface area contributed by atoms with Gasteiger partial charge in [0.1, 0.15) is 10.6 Å². The molecule has 0 bridgehead atoms. The van der Waals surface area contributed by atoms with Crippen LogP contribution in [-0.2, 0) is 16.0 Å². The number of hydrogen-bond donors (Lipinski definition) is 1. The van der Waals surface area contributed by atoms with E-state index in [9.17, 15) is 9.59 Å². The smallest absolute Gasteiger partial charge is 0.341 e. The van der Waals surface area contributed by atoms with E-state index in [1.165, 1.54) is 35.1 Å². The fraction of sp³-hybridized carbons (Fsp3) is 0.357. The number of anilines is 1. The molecule has 4 rings (SSSR count). The number of methoxy groups -OCH3 is 1. The van der Waals surface area contributed by atoms with E-state index in [0.717, 1.165) is 46.5 Å². The lowest BCUT2D eigenvalue weighted by Crippen LogP contribution is -2.16. The Morgan fingerprint density at radius 2 is 1.89 bits per heavy atom. The van der Waals surface area contributed by atoms with Gasteiger partial charge in [0.05, 0.1) is 12.9 Å².